The maximum absolute atomic E-state index is 12.4. The summed E-state index contributed by atoms with van der Waals surface area (Å²) in [6.07, 6.45) is 2.01. The minimum absolute atomic E-state index is 0.118. The van der Waals surface area contributed by atoms with Crippen molar-refractivity contribution in [1.29, 1.82) is 0 Å². The molecule has 0 saturated heterocycles. The van der Waals surface area contributed by atoms with Gasteiger partial charge in [-0.25, -0.2) is 4.98 Å². The molecule has 0 radical (unpaired) electrons. The summed E-state index contributed by atoms with van der Waals surface area (Å²) in [6, 6.07) is 19.1. The third kappa shape index (κ3) is 5.37. The molecule has 1 atom stereocenters. The van der Waals surface area contributed by atoms with Crippen LogP contribution in [0.1, 0.15) is 44.2 Å². The third-order valence-electron chi connectivity index (χ3n) is 5.78. The van der Waals surface area contributed by atoms with Crippen molar-refractivity contribution in [3.05, 3.63) is 76.8 Å². The third-order valence-corrected chi connectivity index (χ3v) is 6.11. The first kappa shape index (κ1) is 22.9. The molecule has 1 N–H and O–H groups in total. The lowest BCUT2D eigenvalue weighted by atomic mass is 9.98. The van der Waals surface area contributed by atoms with Gasteiger partial charge in [-0.2, -0.15) is 0 Å². The van der Waals surface area contributed by atoms with Gasteiger partial charge in [-0.15, -0.1) is 0 Å². The van der Waals surface area contributed by atoms with Crippen LogP contribution in [0.25, 0.3) is 22.6 Å². The van der Waals surface area contributed by atoms with Gasteiger partial charge in [0.2, 0.25) is 5.89 Å². The van der Waals surface area contributed by atoms with Crippen LogP contribution in [0.3, 0.4) is 0 Å². The summed E-state index contributed by atoms with van der Waals surface area (Å²) in [5, 5.41) is 3.24. The number of benzene rings is 3. The molecule has 1 heterocycles. The van der Waals surface area contributed by atoms with E-state index in [-0.39, 0.29) is 12.5 Å². The minimum Gasteiger partial charge on any atom is -0.484 e. The molecule has 0 unspecified atom stereocenters. The first-order valence-corrected chi connectivity index (χ1v) is 11.6. The zero-order chi connectivity index (χ0) is 23.4. The number of nitrogens with one attached hydrogen (secondary N) is 1. The van der Waals surface area contributed by atoms with Crippen LogP contribution in [0.15, 0.2) is 65.1 Å². The van der Waals surface area contributed by atoms with E-state index in [0.29, 0.717) is 28.3 Å². The largest absolute Gasteiger partial charge is 0.484 e. The summed E-state index contributed by atoms with van der Waals surface area (Å²) < 4.78 is 11.5. The summed E-state index contributed by atoms with van der Waals surface area (Å²) in [4.78, 5) is 17.1. The lowest BCUT2D eigenvalue weighted by Crippen LogP contribution is -2.20. The van der Waals surface area contributed by atoms with Crippen LogP contribution in [0, 0.1) is 0 Å². The second-order valence-corrected chi connectivity index (χ2v) is 8.49. The number of hydrogen-bond donors (Lipinski definition) is 1. The summed E-state index contributed by atoms with van der Waals surface area (Å²) in [6.45, 7) is 6.33. The van der Waals surface area contributed by atoms with Crippen LogP contribution in [-0.2, 0) is 11.2 Å². The molecule has 3 aromatic carbocycles. The highest BCUT2D eigenvalue weighted by molar-refractivity contribution is 6.33. The van der Waals surface area contributed by atoms with Crippen LogP contribution < -0.4 is 10.1 Å². The highest BCUT2D eigenvalue weighted by Gasteiger charge is 2.14. The monoisotopic (exact) mass is 462 g/mol. The number of carbonyl (C=O) groups excluding carboxylic acids is 1. The Balaban J connectivity index is 1.48. The van der Waals surface area contributed by atoms with Crippen LogP contribution >= 0.6 is 11.6 Å². The van der Waals surface area contributed by atoms with Crippen molar-refractivity contribution >= 4 is 34.3 Å². The second-order valence-electron chi connectivity index (χ2n) is 8.08. The average molecular weight is 463 g/mol. The standard InChI is InChI=1S/C27H27ClN2O3/c1-4-17(3)19-9-13-25-24(14-19)30-27(33-25)20-8-12-22(28)23(15-20)29-26(31)16-32-21-10-6-18(5-2)7-11-21/h6-15,17H,4-5,16H2,1-3H3,(H,29,31)/t17-/m1/s1. The van der Waals surface area contributed by atoms with Gasteiger partial charge < -0.3 is 14.5 Å². The molecule has 6 heteroatoms. The Morgan fingerprint density at radius 1 is 1.09 bits per heavy atom. The number of amides is 1. The number of rotatable bonds is 8. The van der Waals surface area contributed by atoms with Gasteiger partial charge in [0.25, 0.3) is 5.91 Å². The predicted octanol–water partition coefficient (Wildman–Crippen LogP) is 7.24. The van der Waals surface area contributed by atoms with Gasteiger partial charge in [-0.3, -0.25) is 4.79 Å². The zero-order valence-corrected chi connectivity index (χ0v) is 19.8. The minimum atomic E-state index is -0.302. The van der Waals surface area contributed by atoms with Gasteiger partial charge in [0.05, 0.1) is 10.7 Å². The first-order valence-electron chi connectivity index (χ1n) is 11.2. The smallest absolute Gasteiger partial charge is 0.262 e. The van der Waals surface area contributed by atoms with Crippen molar-refractivity contribution in [1.82, 2.24) is 4.98 Å². The van der Waals surface area contributed by atoms with Crippen molar-refractivity contribution < 1.29 is 13.9 Å². The molecule has 33 heavy (non-hydrogen) atoms. The zero-order valence-electron chi connectivity index (χ0n) is 19.0. The molecule has 0 saturated carbocycles. The highest BCUT2D eigenvalue weighted by atomic mass is 35.5. The first-order chi connectivity index (χ1) is 16.0. The number of aryl methyl sites for hydroxylation is 1. The van der Waals surface area contributed by atoms with E-state index in [1.165, 1.54) is 11.1 Å². The van der Waals surface area contributed by atoms with Crippen molar-refractivity contribution in [3.8, 4) is 17.2 Å². The van der Waals surface area contributed by atoms with E-state index in [9.17, 15) is 4.79 Å². The average Bonchev–Trinajstić information content (AvgIpc) is 3.27. The van der Waals surface area contributed by atoms with Gasteiger partial charge in [-0.05, 0) is 72.4 Å². The summed E-state index contributed by atoms with van der Waals surface area (Å²) in [5.74, 6) is 1.28. The van der Waals surface area contributed by atoms with E-state index in [2.05, 4.69) is 43.2 Å². The van der Waals surface area contributed by atoms with Crippen molar-refractivity contribution in [2.45, 2.75) is 39.5 Å². The number of nitrogens with zero attached hydrogens (tertiary/aromatic N) is 1. The fourth-order valence-corrected chi connectivity index (χ4v) is 3.69. The Morgan fingerprint density at radius 2 is 1.88 bits per heavy atom. The molecule has 0 aliphatic rings. The van der Waals surface area contributed by atoms with Crippen molar-refractivity contribution in [3.63, 3.8) is 0 Å². The Bertz CT molecular complexity index is 1260. The fraction of sp³-hybridized carbons (Fsp3) is 0.259. The van der Waals surface area contributed by atoms with E-state index >= 15 is 0 Å². The van der Waals surface area contributed by atoms with E-state index in [0.717, 1.165) is 29.5 Å². The van der Waals surface area contributed by atoms with Crippen molar-refractivity contribution in [2.24, 2.45) is 0 Å². The molecule has 1 amide bonds. The molecular formula is C27H27ClN2O3. The maximum atomic E-state index is 12.4. The van der Waals surface area contributed by atoms with Gasteiger partial charge in [0.1, 0.15) is 11.3 Å². The number of carbonyl (C=O) groups is 1. The lowest BCUT2D eigenvalue weighted by molar-refractivity contribution is -0.118. The normalized spacial score (nSPS) is 12.0. The number of ether oxygens (including phenoxy) is 1. The molecule has 0 fully saturated rings. The van der Waals surface area contributed by atoms with Crippen LogP contribution in [0.4, 0.5) is 5.69 Å². The number of fused-ring (bicyclic) bond motifs is 1. The summed E-state index contributed by atoms with van der Waals surface area (Å²) in [5.41, 5.74) is 5.19. The van der Waals surface area contributed by atoms with Crippen LogP contribution in [-0.4, -0.2) is 17.5 Å². The topological polar surface area (TPSA) is 64.4 Å². The Labute approximate surface area is 198 Å². The maximum Gasteiger partial charge on any atom is 0.262 e. The van der Waals surface area contributed by atoms with Crippen LogP contribution in [0.2, 0.25) is 5.02 Å². The molecule has 5 nitrogen and oxygen atoms in total. The van der Waals surface area contributed by atoms with Crippen LogP contribution in [0.5, 0.6) is 5.75 Å². The SMILES string of the molecule is CCc1ccc(OCC(=O)Nc2cc(-c3nc4cc([C@H](C)CC)ccc4o3)ccc2Cl)cc1. The molecule has 0 aliphatic carbocycles. The lowest BCUT2D eigenvalue weighted by Gasteiger charge is -2.10. The number of hydrogen-bond acceptors (Lipinski definition) is 4. The predicted molar refractivity (Wildman–Crippen MR) is 133 cm³/mol. The molecule has 0 aliphatic heterocycles. The molecule has 170 valence electrons. The molecular weight excluding hydrogens is 436 g/mol. The van der Waals surface area contributed by atoms with Gasteiger partial charge in [0.15, 0.2) is 12.2 Å². The van der Waals surface area contributed by atoms with E-state index in [1.54, 1.807) is 12.1 Å². The van der Waals surface area contributed by atoms with E-state index < -0.39 is 0 Å². The Kier molecular flexibility index (Phi) is 6.99. The molecule has 4 rings (SSSR count). The highest BCUT2D eigenvalue weighted by Crippen LogP contribution is 2.31. The molecule has 1 aromatic heterocycles. The molecule has 4 aromatic rings. The van der Waals surface area contributed by atoms with E-state index in [4.69, 9.17) is 20.8 Å². The van der Waals surface area contributed by atoms with Crippen molar-refractivity contribution in [2.75, 3.05) is 11.9 Å². The second kappa shape index (κ2) is 10.1. The summed E-state index contributed by atoms with van der Waals surface area (Å²) in [7, 11) is 0. The Hall–Kier alpha value is -3.31. The van der Waals surface area contributed by atoms with Gasteiger partial charge in [-0.1, -0.05) is 50.6 Å². The molecule has 0 bridgehead atoms. The number of halogens is 1. The fourth-order valence-electron chi connectivity index (χ4n) is 3.52. The number of oxazole rings is 1. The van der Waals surface area contributed by atoms with Gasteiger partial charge >= 0.3 is 0 Å². The quantitative estimate of drug-likeness (QED) is 0.299. The number of anilines is 1. The van der Waals surface area contributed by atoms with Gasteiger partial charge in [0, 0.05) is 5.56 Å². The number of aromatic nitrogens is 1. The van der Waals surface area contributed by atoms with E-state index in [1.807, 2.05) is 36.4 Å². The Morgan fingerprint density at radius 3 is 2.61 bits per heavy atom. The molecule has 0 spiro atoms. The summed E-state index contributed by atoms with van der Waals surface area (Å²) >= 11 is 6.32.